The van der Waals surface area contributed by atoms with E-state index in [0.29, 0.717) is 6.41 Å². The summed E-state index contributed by atoms with van der Waals surface area (Å²) in [7, 11) is 0. The zero-order valence-corrected chi connectivity index (χ0v) is 9.69. The number of aryl methyl sites for hydroxylation is 1. The summed E-state index contributed by atoms with van der Waals surface area (Å²) in [6.45, 7) is 3.10. The lowest BCUT2D eigenvalue weighted by Crippen LogP contribution is -3.00. The van der Waals surface area contributed by atoms with Gasteiger partial charge in [-0.1, -0.05) is 6.92 Å². The number of nitrogens with zero attached hydrogens (tertiary/aromatic N) is 1. The lowest BCUT2D eigenvalue weighted by Gasteiger charge is -1.96. The summed E-state index contributed by atoms with van der Waals surface area (Å²) in [6, 6.07) is 3.78. The van der Waals surface area contributed by atoms with Crippen molar-refractivity contribution in [3.63, 3.8) is 0 Å². The first kappa shape index (κ1) is 12.3. The van der Waals surface area contributed by atoms with E-state index < -0.39 is 0 Å². The first-order valence-corrected chi connectivity index (χ1v) is 4.06. The van der Waals surface area contributed by atoms with Crippen LogP contribution in [0.5, 0.6) is 0 Å². The Morgan fingerprint density at radius 3 is 3.00 bits per heavy atom. The smallest absolute Gasteiger partial charge is 0.211 e. The fraction of sp³-hybridized carbons (Fsp3) is 0.333. The highest BCUT2D eigenvalue weighted by molar-refractivity contribution is 5.69. The highest BCUT2D eigenvalue weighted by atomic mass is 127. The predicted octanol–water partition coefficient (Wildman–Crippen LogP) is -2.04. The van der Waals surface area contributed by atoms with Crippen molar-refractivity contribution >= 4 is 12.1 Å². The number of carbonyl (C=O) groups is 1. The van der Waals surface area contributed by atoms with Crippen molar-refractivity contribution in [1.82, 2.24) is 0 Å². The Labute approximate surface area is 95.2 Å². The van der Waals surface area contributed by atoms with E-state index in [-0.39, 0.29) is 24.0 Å². The van der Waals surface area contributed by atoms with Gasteiger partial charge < -0.3 is 29.3 Å². The maximum absolute atomic E-state index is 10.1. The van der Waals surface area contributed by atoms with Crippen LogP contribution in [0.2, 0.25) is 0 Å². The molecule has 0 saturated heterocycles. The van der Waals surface area contributed by atoms with Crippen LogP contribution in [0.1, 0.15) is 13.3 Å². The number of nitrogens with one attached hydrogen (secondary N) is 1. The van der Waals surface area contributed by atoms with Gasteiger partial charge in [-0.15, -0.1) is 0 Å². The zero-order valence-electron chi connectivity index (χ0n) is 7.53. The topological polar surface area (TPSA) is 33.0 Å². The SMILES string of the molecule is CCC[n+]1cccc(NC=O)c1.[I-]. The summed E-state index contributed by atoms with van der Waals surface area (Å²) in [5.41, 5.74) is 0.834. The Morgan fingerprint density at radius 1 is 1.62 bits per heavy atom. The van der Waals surface area contributed by atoms with Crippen LogP contribution in [-0.2, 0) is 11.3 Å². The van der Waals surface area contributed by atoms with Crippen molar-refractivity contribution in [2.24, 2.45) is 0 Å². The minimum Gasteiger partial charge on any atom is -1.00 e. The van der Waals surface area contributed by atoms with Gasteiger partial charge in [0.1, 0.15) is 12.2 Å². The van der Waals surface area contributed by atoms with Gasteiger partial charge >= 0.3 is 0 Å². The average molecular weight is 292 g/mol. The van der Waals surface area contributed by atoms with E-state index >= 15 is 0 Å². The quantitative estimate of drug-likeness (QED) is 0.387. The van der Waals surface area contributed by atoms with Crippen LogP contribution in [-0.4, -0.2) is 6.41 Å². The van der Waals surface area contributed by atoms with Crippen molar-refractivity contribution in [1.29, 1.82) is 0 Å². The molecule has 72 valence electrons. The van der Waals surface area contributed by atoms with Crippen molar-refractivity contribution < 1.29 is 33.3 Å². The first-order chi connectivity index (χ1) is 5.86. The summed E-state index contributed by atoms with van der Waals surface area (Å²) < 4.78 is 2.05. The maximum Gasteiger partial charge on any atom is 0.211 e. The molecule has 0 radical (unpaired) electrons. The fourth-order valence-electron chi connectivity index (χ4n) is 1.07. The minimum atomic E-state index is 0. The molecule has 1 rings (SSSR count). The van der Waals surface area contributed by atoms with E-state index in [1.54, 1.807) is 0 Å². The summed E-state index contributed by atoms with van der Waals surface area (Å²) >= 11 is 0. The molecule has 0 atom stereocenters. The fourth-order valence-corrected chi connectivity index (χ4v) is 1.07. The largest absolute Gasteiger partial charge is 1.00 e. The number of halogens is 1. The average Bonchev–Trinajstić information content (AvgIpc) is 2.06. The number of rotatable bonds is 4. The second kappa shape index (κ2) is 6.82. The monoisotopic (exact) mass is 292 g/mol. The van der Waals surface area contributed by atoms with Gasteiger partial charge in [-0.3, -0.25) is 4.79 Å². The van der Waals surface area contributed by atoms with Crippen molar-refractivity contribution in [2.75, 3.05) is 5.32 Å². The number of aromatic nitrogens is 1. The van der Waals surface area contributed by atoms with Gasteiger partial charge in [0.05, 0.1) is 0 Å². The van der Waals surface area contributed by atoms with E-state index in [1.165, 1.54) is 0 Å². The van der Waals surface area contributed by atoms with E-state index in [2.05, 4.69) is 12.2 Å². The van der Waals surface area contributed by atoms with Crippen LogP contribution in [0.15, 0.2) is 24.5 Å². The minimum absolute atomic E-state index is 0. The lowest BCUT2D eigenvalue weighted by atomic mass is 10.4. The molecule has 13 heavy (non-hydrogen) atoms. The molecule has 1 heterocycles. The van der Waals surface area contributed by atoms with Gasteiger partial charge in [0.15, 0.2) is 12.4 Å². The molecule has 0 saturated carbocycles. The number of amides is 1. The first-order valence-electron chi connectivity index (χ1n) is 4.06. The van der Waals surface area contributed by atoms with E-state index in [9.17, 15) is 4.79 Å². The summed E-state index contributed by atoms with van der Waals surface area (Å²) in [5.74, 6) is 0. The van der Waals surface area contributed by atoms with Crippen LogP contribution < -0.4 is 33.9 Å². The third-order valence-corrected chi connectivity index (χ3v) is 1.57. The van der Waals surface area contributed by atoms with Crippen molar-refractivity contribution in [3.8, 4) is 0 Å². The highest BCUT2D eigenvalue weighted by Crippen LogP contribution is 1.99. The van der Waals surface area contributed by atoms with Gasteiger partial charge in [-0.05, 0) is 6.07 Å². The number of hydrogen-bond donors (Lipinski definition) is 1. The van der Waals surface area contributed by atoms with Gasteiger partial charge in [-0.2, -0.15) is 0 Å². The van der Waals surface area contributed by atoms with Gasteiger partial charge in [0.2, 0.25) is 6.41 Å². The molecule has 0 spiro atoms. The summed E-state index contributed by atoms with van der Waals surface area (Å²) in [5, 5.41) is 2.60. The Hall–Kier alpha value is -0.650. The van der Waals surface area contributed by atoms with Gasteiger partial charge in [-0.25, -0.2) is 4.57 Å². The second-order valence-electron chi connectivity index (χ2n) is 2.59. The highest BCUT2D eigenvalue weighted by Gasteiger charge is 1.98. The number of hydrogen-bond acceptors (Lipinski definition) is 1. The van der Waals surface area contributed by atoms with Crippen molar-refractivity contribution in [2.45, 2.75) is 19.9 Å². The zero-order chi connectivity index (χ0) is 8.81. The number of pyridine rings is 1. The molecule has 0 aliphatic carbocycles. The Bertz CT molecular complexity index is 266. The molecule has 3 nitrogen and oxygen atoms in total. The number of anilines is 1. The second-order valence-corrected chi connectivity index (χ2v) is 2.59. The molecule has 4 heteroatoms. The molecule has 0 aliphatic heterocycles. The van der Waals surface area contributed by atoms with Crippen LogP contribution in [0.25, 0.3) is 0 Å². The van der Waals surface area contributed by atoms with E-state index in [1.807, 2.05) is 29.1 Å². The van der Waals surface area contributed by atoms with Crippen LogP contribution >= 0.6 is 0 Å². The van der Waals surface area contributed by atoms with Crippen LogP contribution in [0.4, 0.5) is 5.69 Å². The van der Waals surface area contributed by atoms with Crippen molar-refractivity contribution in [3.05, 3.63) is 24.5 Å². The number of carbonyl (C=O) groups excluding carboxylic acids is 1. The van der Waals surface area contributed by atoms with Crippen LogP contribution in [0, 0.1) is 0 Å². The molecule has 1 aromatic rings. The molecule has 0 aromatic carbocycles. The molecule has 0 unspecified atom stereocenters. The molecule has 0 fully saturated rings. The normalized spacial score (nSPS) is 8.69. The molecular formula is C9H13IN2O. The standard InChI is InChI=1S/C9H12N2O.HI/c1-2-5-11-6-3-4-9(7-11)10-8-12;/h3-4,6-8H,2,5H2,1H3;1H. The van der Waals surface area contributed by atoms with E-state index in [4.69, 9.17) is 0 Å². The maximum atomic E-state index is 10.1. The molecule has 1 N–H and O–H groups in total. The Morgan fingerprint density at radius 2 is 2.38 bits per heavy atom. The summed E-state index contributed by atoms with van der Waals surface area (Å²) in [4.78, 5) is 10.1. The van der Waals surface area contributed by atoms with Gasteiger partial charge in [0, 0.05) is 12.5 Å². The molecule has 0 bridgehead atoms. The molecule has 1 aromatic heterocycles. The van der Waals surface area contributed by atoms with E-state index in [0.717, 1.165) is 18.7 Å². The Kier molecular flexibility index (Phi) is 6.48. The Balaban J connectivity index is 0.00000144. The third kappa shape index (κ3) is 4.21. The van der Waals surface area contributed by atoms with Gasteiger partial charge in [0.25, 0.3) is 0 Å². The molecular weight excluding hydrogens is 279 g/mol. The lowest BCUT2D eigenvalue weighted by molar-refractivity contribution is -0.696. The molecule has 0 aliphatic rings. The predicted molar refractivity (Wildman–Crippen MR) is 46.6 cm³/mol. The molecule has 1 amide bonds. The van der Waals surface area contributed by atoms with Crippen LogP contribution in [0.3, 0.4) is 0 Å². The summed E-state index contributed by atoms with van der Waals surface area (Å²) in [6.07, 6.45) is 5.68. The third-order valence-electron chi connectivity index (χ3n) is 1.57.